The summed E-state index contributed by atoms with van der Waals surface area (Å²) in [6.45, 7) is 6.40. The second-order valence-electron chi connectivity index (χ2n) is 4.92. The highest BCUT2D eigenvalue weighted by molar-refractivity contribution is 14.1. The molecule has 4 heteroatoms. The van der Waals surface area contributed by atoms with E-state index in [0.717, 1.165) is 39.3 Å². The lowest BCUT2D eigenvalue weighted by Gasteiger charge is -2.13. The summed E-state index contributed by atoms with van der Waals surface area (Å²) in [7, 11) is 1.91. The van der Waals surface area contributed by atoms with Gasteiger partial charge in [-0.3, -0.25) is 0 Å². The molecule has 1 aromatic carbocycles. The molecular weight excluding hydrogens is 361 g/mol. The third-order valence-electron chi connectivity index (χ3n) is 3.35. The van der Waals surface area contributed by atoms with Gasteiger partial charge < -0.3 is 5.32 Å². The number of rotatable bonds is 4. The van der Waals surface area contributed by atoms with Crippen LogP contribution in [-0.2, 0) is 6.42 Å². The Morgan fingerprint density at radius 2 is 1.80 bits per heavy atom. The molecule has 0 aliphatic carbocycles. The van der Waals surface area contributed by atoms with Crippen molar-refractivity contribution >= 4 is 28.4 Å². The van der Waals surface area contributed by atoms with Crippen molar-refractivity contribution < 1.29 is 0 Å². The maximum Gasteiger partial charge on any atom is 0.162 e. The molecule has 1 aromatic heterocycles. The van der Waals surface area contributed by atoms with Gasteiger partial charge in [-0.15, -0.1) is 0 Å². The van der Waals surface area contributed by atoms with Crippen molar-refractivity contribution in [3.8, 4) is 11.4 Å². The molecule has 3 nitrogen and oxygen atoms in total. The van der Waals surface area contributed by atoms with E-state index in [2.05, 4.69) is 66.9 Å². The fourth-order valence-corrected chi connectivity index (χ4v) is 3.12. The van der Waals surface area contributed by atoms with Crippen LogP contribution in [0.2, 0.25) is 0 Å². The number of nitrogens with one attached hydrogen (secondary N) is 1. The SMILES string of the molecule is CCCc1nc(-c2c(C)cccc2C)nc(NC)c1I. The van der Waals surface area contributed by atoms with E-state index in [4.69, 9.17) is 9.97 Å². The monoisotopic (exact) mass is 381 g/mol. The van der Waals surface area contributed by atoms with E-state index in [1.54, 1.807) is 0 Å². The number of hydrogen-bond acceptors (Lipinski definition) is 3. The second kappa shape index (κ2) is 6.52. The molecule has 106 valence electrons. The van der Waals surface area contributed by atoms with Crippen molar-refractivity contribution in [1.29, 1.82) is 0 Å². The Morgan fingerprint density at radius 1 is 1.15 bits per heavy atom. The van der Waals surface area contributed by atoms with E-state index in [1.165, 1.54) is 11.1 Å². The Balaban J connectivity index is 2.65. The number of nitrogens with zero attached hydrogens (tertiary/aromatic N) is 2. The largest absolute Gasteiger partial charge is 0.372 e. The summed E-state index contributed by atoms with van der Waals surface area (Å²) in [6.07, 6.45) is 2.07. The van der Waals surface area contributed by atoms with Gasteiger partial charge in [-0.2, -0.15) is 0 Å². The van der Waals surface area contributed by atoms with Gasteiger partial charge in [0.25, 0.3) is 0 Å². The van der Waals surface area contributed by atoms with Crippen LogP contribution in [-0.4, -0.2) is 17.0 Å². The van der Waals surface area contributed by atoms with Crippen molar-refractivity contribution in [2.75, 3.05) is 12.4 Å². The summed E-state index contributed by atoms with van der Waals surface area (Å²) >= 11 is 2.33. The maximum absolute atomic E-state index is 4.80. The quantitative estimate of drug-likeness (QED) is 0.800. The zero-order valence-electron chi connectivity index (χ0n) is 12.4. The van der Waals surface area contributed by atoms with Crippen LogP contribution < -0.4 is 5.32 Å². The molecular formula is C16H20IN3. The second-order valence-corrected chi connectivity index (χ2v) is 6.00. The van der Waals surface area contributed by atoms with Crippen molar-refractivity contribution in [2.45, 2.75) is 33.6 Å². The van der Waals surface area contributed by atoms with Crippen molar-refractivity contribution in [3.63, 3.8) is 0 Å². The molecule has 20 heavy (non-hydrogen) atoms. The minimum absolute atomic E-state index is 0.828. The van der Waals surface area contributed by atoms with E-state index >= 15 is 0 Å². The van der Waals surface area contributed by atoms with Gasteiger partial charge in [-0.1, -0.05) is 31.5 Å². The lowest BCUT2D eigenvalue weighted by atomic mass is 10.0. The molecule has 0 aliphatic heterocycles. The van der Waals surface area contributed by atoms with Crippen LogP contribution in [0.25, 0.3) is 11.4 Å². The standard InChI is InChI=1S/C16H20IN3/c1-5-7-12-14(17)16(18-4)20-15(19-12)13-10(2)8-6-9-11(13)3/h6,8-9H,5,7H2,1-4H3,(H,18,19,20). The van der Waals surface area contributed by atoms with E-state index in [0.29, 0.717) is 0 Å². The lowest BCUT2D eigenvalue weighted by molar-refractivity contribution is 0.867. The molecule has 0 saturated carbocycles. The molecule has 0 amide bonds. The van der Waals surface area contributed by atoms with Gasteiger partial charge in [-0.05, 0) is 54.0 Å². The van der Waals surface area contributed by atoms with Crippen LogP contribution >= 0.6 is 22.6 Å². The summed E-state index contributed by atoms with van der Waals surface area (Å²) in [4.78, 5) is 9.50. The Hall–Kier alpha value is -1.17. The van der Waals surface area contributed by atoms with Crippen LogP contribution in [0, 0.1) is 17.4 Å². The Morgan fingerprint density at radius 3 is 2.35 bits per heavy atom. The van der Waals surface area contributed by atoms with Crippen molar-refractivity contribution in [2.24, 2.45) is 0 Å². The first-order chi connectivity index (χ1) is 9.58. The molecule has 2 rings (SSSR count). The molecule has 0 spiro atoms. The summed E-state index contributed by atoms with van der Waals surface area (Å²) in [6, 6.07) is 6.30. The van der Waals surface area contributed by atoms with E-state index in [1.807, 2.05) is 7.05 Å². The van der Waals surface area contributed by atoms with Crippen molar-refractivity contribution in [1.82, 2.24) is 9.97 Å². The van der Waals surface area contributed by atoms with Crippen molar-refractivity contribution in [3.05, 3.63) is 38.6 Å². The van der Waals surface area contributed by atoms with Gasteiger partial charge in [0.15, 0.2) is 5.82 Å². The van der Waals surface area contributed by atoms with Gasteiger partial charge in [0.05, 0.1) is 9.26 Å². The number of halogens is 1. The highest BCUT2D eigenvalue weighted by Crippen LogP contribution is 2.28. The number of aryl methyl sites for hydroxylation is 3. The number of anilines is 1. The maximum atomic E-state index is 4.80. The van der Waals surface area contributed by atoms with Gasteiger partial charge in [-0.25, -0.2) is 9.97 Å². The molecule has 0 saturated heterocycles. The zero-order chi connectivity index (χ0) is 14.7. The predicted octanol–water partition coefficient (Wildman–Crippen LogP) is 4.36. The average molecular weight is 381 g/mol. The first-order valence-corrected chi connectivity index (χ1v) is 7.97. The summed E-state index contributed by atoms with van der Waals surface area (Å²) in [5.74, 6) is 1.75. The fourth-order valence-electron chi connectivity index (χ4n) is 2.34. The van der Waals surface area contributed by atoms with Gasteiger partial charge in [0.1, 0.15) is 5.82 Å². The summed E-state index contributed by atoms with van der Waals surface area (Å²) in [5, 5.41) is 3.18. The van der Waals surface area contributed by atoms with Crippen LogP contribution in [0.3, 0.4) is 0 Å². The zero-order valence-corrected chi connectivity index (χ0v) is 14.6. The molecule has 2 aromatic rings. The van der Waals surface area contributed by atoms with Crippen LogP contribution in [0.15, 0.2) is 18.2 Å². The third kappa shape index (κ3) is 2.95. The fraction of sp³-hybridized carbons (Fsp3) is 0.375. The molecule has 1 N–H and O–H groups in total. The Labute approximate surface area is 134 Å². The molecule has 0 aliphatic rings. The first-order valence-electron chi connectivity index (χ1n) is 6.89. The normalized spacial score (nSPS) is 10.7. The first kappa shape index (κ1) is 15.2. The average Bonchev–Trinajstić information content (AvgIpc) is 2.42. The van der Waals surface area contributed by atoms with Crippen LogP contribution in [0.1, 0.15) is 30.2 Å². The predicted molar refractivity (Wildman–Crippen MR) is 93.2 cm³/mol. The topological polar surface area (TPSA) is 37.8 Å². The highest BCUT2D eigenvalue weighted by Gasteiger charge is 2.14. The van der Waals surface area contributed by atoms with E-state index in [-0.39, 0.29) is 0 Å². The number of benzene rings is 1. The Kier molecular flexibility index (Phi) is 4.96. The van der Waals surface area contributed by atoms with Gasteiger partial charge in [0, 0.05) is 12.6 Å². The minimum atomic E-state index is 0.828. The van der Waals surface area contributed by atoms with E-state index < -0.39 is 0 Å². The van der Waals surface area contributed by atoms with Gasteiger partial charge in [0.2, 0.25) is 0 Å². The van der Waals surface area contributed by atoms with Gasteiger partial charge >= 0.3 is 0 Å². The number of hydrogen-bond donors (Lipinski definition) is 1. The molecule has 0 bridgehead atoms. The number of aromatic nitrogens is 2. The lowest BCUT2D eigenvalue weighted by Crippen LogP contribution is -2.06. The Bertz CT molecular complexity index is 603. The smallest absolute Gasteiger partial charge is 0.162 e. The van der Waals surface area contributed by atoms with Crippen LogP contribution in [0.5, 0.6) is 0 Å². The molecule has 0 unspecified atom stereocenters. The highest BCUT2D eigenvalue weighted by atomic mass is 127. The van der Waals surface area contributed by atoms with Crippen LogP contribution in [0.4, 0.5) is 5.82 Å². The van der Waals surface area contributed by atoms with E-state index in [9.17, 15) is 0 Å². The third-order valence-corrected chi connectivity index (χ3v) is 4.48. The molecule has 0 fully saturated rings. The summed E-state index contributed by atoms with van der Waals surface area (Å²) in [5.41, 5.74) is 4.72. The molecule has 0 radical (unpaired) electrons. The molecule has 0 atom stereocenters. The summed E-state index contributed by atoms with van der Waals surface area (Å²) < 4.78 is 1.13. The minimum Gasteiger partial charge on any atom is -0.372 e. The molecule has 1 heterocycles.